The molecule has 4 aliphatic heterocycles. The normalized spacial score (nSPS) is 27.5. The molecule has 12 nitrogen and oxygen atoms in total. The molecule has 0 radical (unpaired) electrons. The molecule has 2 aromatic rings. The quantitative estimate of drug-likeness (QED) is 0.144. The number of allylic oxidation sites excluding steroid dienone is 1. The molecule has 2 bridgehead atoms. The van der Waals surface area contributed by atoms with Crippen molar-refractivity contribution < 1.29 is 38.5 Å². The van der Waals surface area contributed by atoms with Gasteiger partial charge in [0.25, 0.3) is 0 Å². The van der Waals surface area contributed by atoms with Crippen LogP contribution in [0.1, 0.15) is 49.5 Å². The Bertz CT molecular complexity index is 1690. The number of hydrogen-bond acceptors (Lipinski definition) is 9. The lowest BCUT2D eigenvalue weighted by molar-refractivity contribution is -0.165. The van der Waals surface area contributed by atoms with Crippen molar-refractivity contribution in [3.8, 4) is 0 Å². The topological polar surface area (TPSA) is 129 Å². The summed E-state index contributed by atoms with van der Waals surface area (Å²) >= 11 is 3.78. The van der Waals surface area contributed by atoms with Crippen LogP contribution in [0.3, 0.4) is 0 Å². The summed E-state index contributed by atoms with van der Waals surface area (Å²) in [6.07, 6.45) is 2.79. The number of aliphatic hydroxyl groups is 1. The zero-order valence-corrected chi connectivity index (χ0v) is 33.3. The van der Waals surface area contributed by atoms with Gasteiger partial charge >= 0.3 is 5.97 Å². The Labute approximate surface area is 332 Å². The predicted octanol–water partition coefficient (Wildman–Crippen LogP) is 3.91. The van der Waals surface area contributed by atoms with Crippen LogP contribution < -0.4 is 0 Å². The Morgan fingerprint density at radius 3 is 2.33 bits per heavy atom. The average Bonchev–Trinajstić information content (AvgIpc) is 3.81. The molecule has 3 amide bonds. The number of amides is 3. The third-order valence-corrected chi connectivity index (χ3v) is 12.6. The van der Waals surface area contributed by atoms with E-state index in [1.165, 1.54) is 4.90 Å². The molecule has 4 heterocycles. The van der Waals surface area contributed by atoms with Crippen LogP contribution in [0.4, 0.5) is 0 Å². The molecule has 1 N–H and O–H groups in total. The Balaban J connectivity index is 1.37. The summed E-state index contributed by atoms with van der Waals surface area (Å²) in [5, 5.41) is 11.0. The van der Waals surface area contributed by atoms with Crippen molar-refractivity contribution in [1.82, 2.24) is 19.6 Å². The van der Waals surface area contributed by atoms with Gasteiger partial charge in [0, 0.05) is 51.0 Å². The maximum Gasteiger partial charge on any atom is 0.313 e. The zero-order chi connectivity index (χ0) is 39.3. The van der Waals surface area contributed by atoms with E-state index in [-0.39, 0.29) is 29.6 Å². The third kappa shape index (κ3) is 8.04. The number of rotatable bonds is 17. The van der Waals surface area contributed by atoms with E-state index in [4.69, 9.17) is 14.2 Å². The maximum atomic E-state index is 15.1. The first-order valence-electron chi connectivity index (χ1n) is 19.2. The van der Waals surface area contributed by atoms with Crippen LogP contribution in [0.5, 0.6) is 0 Å². The molecule has 296 valence electrons. The number of carbonyl (C=O) groups is 4. The summed E-state index contributed by atoms with van der Waals surface area (Å²) in [6, 6.07) is 15.8. The number of halogens is 1. The number of likely N-dealkylation sites (tertiary alicyclic amines) is 1. The lowest BCUT2D eigenvalue weighted by Crippen LogP contribution is -2.58. The molecule has 0 aromatic heterocycles. The summed E-state index contributed by atoms with van der Waals surface area (Å²) in [6.45, 7) is 13.0. The molecule has 4 fully saturated rings. The SMILES string of the molecule is C=CCCC(=O)N(C)[C@@H](C)[C@@H](OC(=O)[C@H]1[C@@H]2O[C@@]3(CC2Br)[C@@H]1C(=O)N([C@H](CO)c1ccccc1)[C@@H]3C(=O)N(CC=C)CCN1CCOCC1)c1ccccc1. The summed E-state index contributed by atoms with van der Waals surface area (Å²) in [7, 11) is 1.69. The molecule has 6 rings (SSSR count). The van der Waals surface area contributed by atoms with E-state index in [1.54, 1.807) is 29.0 Å². The molecule has 55 heavy (non-hydrogen) atoms. The van der Waals surface area contributed by atoms with Crippen molar-refractivity contribution in [2.24, 2.45) is 11.8 Å². The largest absolute Gasteiger partial charge is 0.455 e. The number of alkyl halides is 1. The number of fused-ring (bicyclic) bond motifs is 1. The summed E-state index contributed by atoms with van der Waals surface area (Å²) in [5.74, 6) is -3.67. The summed E-state index contributed by atoms with van der Waals surface area (Å²) in [4.78, 5) is 64.7. The molecular formula is C42H53BrN4O8. The van der Waals surface area contributed by atoms with Crippen LogP contribution in [0.25, 0.3) is 0 Å². The highest BCUT2D eigenvalue weighted by Gasteiger charge is 2.77. The van der Waals surface area contributed by atoms with Crippen LogP contribution in [-0.4, -0.2) is 137 Å². The highest BCUT2D eigenvalue weighted by molar-refractivity contribution is 9.09. The molecule has 1 spiro atoms. The predicted molar refractivity (Wildman–Crippen MR) is 210 cm³/mol. The molecule has 4 saturated heterocycles. The van der Waals surface area contributed by atoms with Crippen LogP contribution in [-0.2, 0) is 33.4 Å². The number of carbonyl (C=O) groups excluding carboxylic acids is 4. The van der Waals surface area contributed by atoms with Crippen molar-refractivity contribution in [1.29, 1.82) is 0 Å². The van der Waals surface area contributed by atoms with E-state index in [2.05, 4.69) is 34.0 Å². The molecule has 4 aliphatic rings. The number of likely N-dealkylation sites (N-methyl/N-ethyl adjacent to an activating group) is 1. The van der Waals surface area contributed by atoms with Gasteiger partial charge in [0.1, 0.15) is 17.7 Å². The average molecular weight is 822 g/mol. The maximum absolute atomic E-state index is 15.1. The van der Waals surface area contributed by atoms with E-state index < -0.39 is 66.3 Å². The van der Waals surface area contributed by atoms with Crippen LogP contribution in [0.15, 0.2) is 86.0 Å². The van der Waals surface area contributed by atoms with Gasteiger partial charge in [0.05, 0.1) is 49.8 Å². The van der Waals surface area contributed by atoms with Crippen LogP contribution in [0.2, 0.25) is 0 Å². The number of morpholine rings is 1. The Hall–Kier alpha value is -3.88. The lowest BCUT2D eigenvalue weighted by Gasteiger charge is -2.40. The highest BCUT2D eigenvalue weighted by atomic mass is 79.9. The number of aliphatic hydroxyl groups excluding tert-OH is 1. The van der Waals surface area contributed by atoms with E-state index in [1.807, 2.05) is 67.6 Å². The number of ether oxygens (including phenoxy) is 3. The van der Waals surface area contributed by atoms with E-state index in [0.717, 1.165) is 13.1 Å². The van der Waals surface area contributed by atoms with Gasteiger partial charge in [-0.15, -0.1) is 13.2 Å². The summed E-state index contributed by atoms with van der Waals surface area (Å²) < 4.78 is 18.8. The number of esters is 1. The Kier molecular flexibility index (Phi) is 13.3. The molecule has 0 saturated carbocycles. The van der Waals surface area contributed by atoms with Gasteiger partial charge in [-0.25, -0.2) is 0 Å². The highest BCUT2D eigenvalue weighted by Crippen LogP contribution is 2.61. The van der Waals surface area contributed by atoms with Crippen LogP contribution >= 0.6 is 15.9 Å². The molecule has 13 heteroatoms. The first-order chi connectivity index (χ1) is 26.6. The molecule has 9 atom stereocenters. The van der Waals surface area contributed by atoms with Crippen molar-refractivity contribution >= 4 is 39.6 Å². The van der Waals surface area contributed by atoms with Crippen molar-refractivity contribution in [2.45, 2.75) is 66.9 Å². The second kappa shape index (κ2) is 17.9. The fourth-order valence-corrected chi connectivity index (χ4v) is 9.75. The molecule has 0 aliphatic carbocycles. The second-order valence-corrected chi connectivity index (χ2v) is 16.1. The van der Waals surface area contributed by atoms with Crippen molar-refractivity contribution in [3.63, 3.8) is 0 Å². The van der Waals surface area contributed by atoms with E-state index in [9.17, 15) is 14.7 Å². The third-order valence-electron chi connectivity index (χ3n) is 11.8. The van der Waals surface area contributed by atoms with Crippen molar-refractivity contribution in [2.75, 3.05) is 59.6 Å². The minimum absolute atomic E-state index is 0.122. The fraction of sp³-hybridized carbons (Fsp3) is 0.524. The van der Waals surface area contributed by atoms with Crippen molar-refractivity contribution in [3.05, 3.63) is 97.1 Å². The number of hydrogen-bond donors (Lipinski definition) is 1. The van der Waals surface area contributed by atoms with Gasteiger partial charge in [-0.2, -0.15) is 0 Å². The van der Waals surface area contributed by atoms with E-state index in [0.29, 0.717) is 50.3 Å². The summed E-state index contributed by atoms with van der Waals surface area (Å²) in [5.41, 5.74) is -0.0388. The minimum atomic E-state index is -1.39. The standard InChI is InChI=1S/C42H53BrN4O8/c1-5-7-18-33(49)44(4)28(3)36(30-16-12-9-13-17-30)54-41(52)34-35-39(50)47(32(27-48)29-14-10-8-11-15-29)38(42(35)26-31(43)37(34)55-42)40(51)46(19-6-2)21-20-45-22-24-53-25-23-45/h5-6,8-17,28,31-32,34-38,48H,1-2,7,18-27H2,3-4H3/t28-,31?,32+,34+,35-,36+,37+,38+,42-/m0/s1. The van der Waals surface area contributed by atoms with Crippen LogP contribution in [0, 0.1) is 11.8 Å². The van der Waals surface area contributed by atoms with Gasteiger partial charge < -0.3 is 34.0 Å². The zero-order valence-electron chi connectivity index (χ0n) is 31.7. The van der Waals surface area contributed by atoms with E-state index >= 15 is 9.59 Å². The van der Waals surface area contributed by atoms with Gasteiger partial charge in [0.2, 0.25) is 17.7 Å². The fourth-order valence-electron chi connectivity index (χ4n) is 8.81. The molecular weight excluding hydrogens is 768 g/mol. The van der Waals surface area contributed by atoms with Gasteiger partial charge in [-0.1, -0.05) is 88.7 Å². The first-order valence-corrected chi connectivity index (χ1v) is 20.1. The Morgan fingerprint density at radius 2 is 1.71 bits per heavy atom. The van der Waals surface area contributed by atoms with Gasteiger partial charge in [-0.05, 0) is 30.9 Å². The number of nitrogens with zero attached hydrogens (tertiary/aromatic N) is 4. The first kappa shape index (κ1) is 40.8. The molecule has 2 aromatic carbocycles. The number of benzene rings is 2. The monoisotopic (exact) mass is 820 g/mol. The lowest BCUT2D eigenvalue weighted by atomic mass is 9.70. The minimum Gasteiger partial charge on any atom is -0.455 e. The molecule has 1 unspecified atom stereocenters. The van der Waals surface area contributed by atoms with Gasteiger partial charge in [0.15, 0.2) is 0 Å². The van der Waals surface area contributed by atoms with Gasteiger partial charge in [-0.3, -0.25) is 24.1 Å². The second-order valence-electron chi connectivity index (χ2n) is 14.9. The Morgan fingerprint density at radius 1 is 1.05 bits per heavy atom. The smallest absolute Gasteiger partial charge is 0.313 e.